The first-order valence-corrected chi connectivity index (χ1v) is 5.69. The van der Waals surface area contributed by atoms with Crippen LogP contribution in [0.4, 0.5) is 14.5 Å². The second-order valence-electron chi connectivity index (χ2n) is 3.85. The SMILES string of the molecule is CCOc1c(N)cccc1C(=O)NCC(F)(F)CO. The molecule has 19 heavy (non-hydrogen) atoms. The van der Waals surface area contributed by atoms with Crippen molar-refractivity contribution in [1.29, 1.82) is 0 Å². The van der Waals surface area contributed by atoms with Crippen molar-refractivity contribution in [3.63, 3.8) is 0 Å². The van der Waals surface area contributed by atoms with Gasteiger partial charge in [0.2, 0.25) is 0 Å². The van der Waals surface area contributed by atoms with Crippen LogP contribution in [0.5, 0.6) is 5.75 Å². The number of hydrogen-bond acceptors (Lipinski definition) is 4. The lowest BCUT2D eigenvalue weighted by atomic mass is 10.1. The summed E-state index contributed by atoms with van der Waals surface area (Å²) in [4.78, 5) is 11.8. The van der Waals surface area contributed by atoms with Crippen molar-refractivity contribution in [2.45, 2.75) is 12.8 Å². The summed E-state index contributed by atoms with van der Waals surface area (Å²) in [5, 5.41) is 10.4. The third-order valence-electron chi connectivity index (χ3n) is 2.32. The molecule has 0 saturated heterocycles. The van der Waals surface area contributed by atoms with Gasteiger partial charge in [-0.3, -0.25) is 4.79 Å². The highest BCUT2D eigenvalue weighted by molar-refractivity contribution is 5.98. The zero-order valence-electron chi connectivity index (χ0n) is 10.5. The van der Waals surface area contributed by atoms with Crippen LogP contribution in [0.1, 0.15) is 17.3 Å². The molecule has 106 valence electrons. The van der Waals surface area contributed by atoms with Gasteiger partial charge in [-0.05, 0) is 19.1 Å². The van der Waals surface area contributed by atoms with E-state index >= 15 is 0 Å². The van der Waals surface area contributed by atoms with Crippen molar-refractivity contribution in [3.8, 4) is 5.75 Å². The highest BCUT2D eigenvalue weighted by Gasteiger charge is 2.29. The Kier molecular flexibility index (Phi) is 5.05. The quantitative estimate of drug-likeness (QED) is 0.676. The number of hydrogen-bond donors (Lipinski definition) is 3. The topological polar surface area (TPSA) is 84.6 Å². The third-order valence-corrected chi connectivity index (χ3v) is 2.32. The molecule has 0 saturated carbocycles. The van der Waals surface area contributed by atoms with Gasteiger partial charge in [-0.1, -0.05) is 6.07 Å². The van der Waals surface area contributed by atoms with E-state index in [0.717, 1.165) is 0 Å². The molecule has 0 bridgehead atoms. The Morgan fingerprint density at radius 3 is 2.79 bits per heavy atom. The number of aliphatic hydroxyl groups excluding tert-OH is 1. The summed E-state index contributed by atoms with van der Waals surface area (Å²) in [7, 11) is 0. The maximum Gasteiger partial charge on any atom is 0.287 e. The van der Waals surface area contributed by atoms with E-state index in [1.165, 1.54) is 12.1 Å². The van der Waals surface area contributed by atoms with Crippen molar-refractivity contribution in [1.82, 2.24) is 5.32 Å². The molecular formula is C12H16F2N2O3. The highest BCUT2D eigenvalue weighted by Crippen LogP contribution is 2.26. The number of aliphatic hydroxyl groups is 1. The Bertz CT molecular complexity index is 453. The number of carbonyl (C=O) groups is 1. The van der Waals surface area contributed by atoms with Crippen LogP contribution in [-0.4, -0.2) is 36.7 Å². The van der Waals surface area contributed by atoms with Crippen molar-refractivity contribution < 1.29 is 23.4 Å². The largest absolute Gasteiger partial charge is 0.491 e. The fourth-order valence-electron chi connectivity index (χ4n) is 1.40. The van der Waals surface area contributed by atoms with E-state index in [1.807, 2.05) is 5.32 Å². The van der Waals surface area contributed by atoms with E-state index in [9.17, 15) is 13.6 Å². The number of anilines is 1. The number of para-hydroxylation sites is 1. The van der Waals surface area contributed by atoms with E-state index in [0.29, 0.717) is 6.61 Å². The van der Waals surface area contributed by atoms with Gasteiger partial charge in [0.1, 0.15) is 6.61 Å². The lowest BCUT2D eigenvalue weighted by Gasteiger charge is -2.16. The van der Waals surface area contributed by atoms with Gasteiger partial charge in [0.15, 0.2) is 5.75 Å². The summed E-state index contributed by atoms with van der Waals surface area (Å²) in [6, 6.07) is 4.49. The van der Waals surface area contributed by atoms with E-state index in [1.54, 1.807) is 13.0 Å². The number of nitrogens with two attached hydrogens (primary N) is 1. The molecule has 0 spiro atoms. The number of alkyl halides is 2. The number of nitrogens with one attached hydrogen (secondary N) is 1. The Morgan fingerprint density at radius 2 is 2.21 bits per heavy atom. The molecule has 0 aliphatic heterocycles. The fraction of sp³-hybridized carbons (Fsp3) is 0.417. The number of nitrogen functional groups attached to an aromatic ring is 1. The smallest absolute Gasteiger partial charge is 0.287 e. The second-order valence-corrected chi connectivity index (χ2v) is 3.85. The minimum absolute atomic E-state index is 0.0792. The molecule has 1 aromatic rings. The first-order chi connectivity index (χ1) is 8.91. The Balaban J connectivity index is 2.85. The third kappa shape index (κ3) is 4.06. The number of halogens is 2. The zero-order chi connectivity index (χ0) is 14.5. The maximum atomic E-state index is 12.8. The lowest BCUT2D eigenvalue weighted by molar-refractivity contribution is -0.0462. The van der Waals surface area contributed by atoms with Crippen LogP contribution in [-0.2, 0) is 0 Å². The summed E-state index contributed by atoms with van der Waals surface area (Å²) >= 11 is 0. The molecule has 1 amide bonds. The minimum Gasteiger partial charge on any atom is -0.491 e. The molecule has 0 aromatic heterocycles. The number of amides is 1. The van der Waals surface area contributed by atoms with E-state index < -0.39 is 25.0 Å². The Labute approximate surface area is 109 Å². The minimum atomic E-state index is -3.36. The predicted molar refractivity (Wildman–Crippen MR) is 66.4 cm³/mol. The molecule has 0 aliphatic rings. The Morgan fingerprint density at radius 1 is 1.53 bits per heavy atom. The molecule has 4 N–H and O–H groups in total. The molecule has 1 aromatic carbocycles. The van der Waals surface area contributed by atoms with Crippen LogP contribution >= 0.6 is 0 Å². The normalized spacial score (nSPS) is 11.2. The average Bonchev–Trinajstić information content (AvgIpc) is 2.38. The Hall–Kier alpha value is -1.89. The first-order valence-electron chi connectivity index (χ1n) is 5.69. The first kappa shape index (κ1) is 15.2. The summed E-state index contributed by atoms with van der Waals surface area (Å²) < 4.78 is 30.9. The van der Waals surface area contributed by atoms with Gasteiger partial charge in [-0.25, -0.2) is 8.78 Å². The van der Waals surface area contributed by atoms with Gasteiger partial charge >= 0.3 is 0 Å². The van der Waals surface area contributed by atoms with Crippen LogP contribution in [0.3, 0.4) is 0 Å². The average molecular weight is 274 g/mol. The number of benzene rings is 1. The number of rotatable bonds is 6. The van der Waals surface area contributed by atoms with Gasteiger partial charge in [0, 0.05) is 0 Å². The molecule has 0 radical (unpaired) electrons. The predicted octanol–water partition coefficient (Wildman–Crippen LogP) is 1.02. The van der Waals surface area contributed by atoms with Crippen molar-refractivity contribution in [2.24, 2.45) is 0 Å². The van der Waals surface area contributed by atoms with Gasteiger partial charge in [-0.2, -0.15) is 0 Å². The highest BCUT2D eigenvalue weighted by atomic mass is 19.3. The van der Waals surface area contributed by atoms with Gasteiger partial charge in [0.25, 0.3) is 11.8 Å². The molecule has 0 heterocycles. The molecule has 0 atom stereocenters. The standard InChI is InChI=1S/C12H16F2N2O3/c1-2-19-10-8(4-3-5-9(10)15)11(18)16-6-12(13,14)7-17/h3-5,17H,2,6-7,15H2,1H3,(H,16,18). The van der Waals surface area contributed by atoms with Crippen LogP contribution in [0, 0.1) is 0 Å². The van der Waals surface area contributed by atoms with Gasteiger partial charge in [0.05, 0.1) is 24.4 Å². The molecular weight excluding hydrogens is 258 g/mol. The van der Waals surface area contributed by atoms with Crippen LogP contribution in [0.15, 0.2) is 18.2 Å². The molecule has 1 rings (SSSR count). The van der Waals surface area contributed by atoms with Crippen LogP contribution in [0.2, 0.25) is 0 Å². The number of ether oxygens (including phenoxy) is 1. The van der Waals surface area contributed by atoms with Crippen molar-refractivity contribution in [3.05, 3.63) is 23.8 Å². The second kappa shape index (κ2) is 6.33. The van der Waals surface area contributed by atoms with Gasteiger partial charge < -0.3 is 20.9 Å². The summed E-state index contributed by atoms with van der Waals surface area (Å²) in [5.74, 6) is -3.93. The lowest BCUT2D eigenvalue weighted by Crippen LogP contribution is -2.39. The molecule has 7 heteroatoms. The van der Waals surface area contributed by atoms with Crippen molar-refractivity contribution >= 4 is 11.6 Å². The monoisotopic (exact) mass is 274 g/mol. The van der Waals surface area contributed by atoms with Crippen LogP contribution < -0.4 is 15.8 Å². The molecule has 5 nitrogen and oxygen atoms in total. The van der Waals surface area contributed by atoms with E-state index in [4.69, 9.17) is 15.6 Å². The summed E-state index contributed by atoms with van der Waals surface area (Å²) in [6.07, 6.45) is 0. The van der Waals surface area contributed by atoms with Gasteiger partial charge in [-0.15, -0.1) is 0 Å². The van der Waals surface area contributed by atoms with Crippen LogP contribution in [0.25, 0.3) is 0 Å². The van der Waals surface area contributed by atoms with E-state index in [-0.39, 0.29) is 17.0 Å². The number of carbonyl (C=O) groups excluding carboxylic acids is 1. The fourth-order valence-corrected chi connectivity index (χ4v) is 1.40. The molecule has 0 aliphatic carbocycles. The van der Waals surface area contributed by atoms with E-state index in [2.05, 4.69) is 0 Å². The summed E-state index contributed by atoms with van der Waals surface area (Å²) in [6.45, 7) is -0.277. The van der Waals surface area contributed by atoms with Crippen molar-refractivity contribution in [2.75, 3.05) is 25.5 Å². The molecule has 0 fully saturated rings. The molecule has 0 unspecified atom stereocenters. The maximum absolute atomic E-state index is 12.8. The summed E-state index contributed by atoms with van der Waals surface area (Å²) in [5.41, 5.74) is 5.99. The zero-order valence-corrected chi connectivity index (χ0v) is 10.5.